The zero-order valence-corrected chi connectivity index (χ0v) is 20.6. The van der Waals surface area contributed by atoms with E-state index >= 15 is 0 Å². The monoisotopic (exact) mass is 451 g/mol. The van der Waals surface area contributed by atoms with Gasteiger partial charge in [-0.3, -0.25) is 0 Å². The van der Waals surface area contributed by atoms with Crippen LogP contribution in [0.25, 0.3) is 11.0 Å². The fourth-order valence-corrected chi connectivity index (χ4v) is 7.96. The van der Waals surface area contributed by atoms with Crippen molar-refractivity contribution in [1.29, 1.82) is 0 Å². The van der Waals surface area contributed by atoms with Crippen LogP contribution in [0.3, 0.4) is 0 Å². The Hall–Kier alpha value is -1.85. The Kier molecular flexibility index (Phi) is 5.85. The molecule has 2 aromatic rings. The van der Waals surface area contributed by atoms with Gasteiger partial charge in [-0.2, -0.15) is 0 Å². The van der Waals surface area contributed by atoms with Crippen LogP contribution in [0.1, 0.15) is 58.8 Å². The maximum atomic E-state index is 10.4. The minimum atomic E-state index is -0.271. The summed E-state index contributed by atoms with van der Waals surface area (Å²) in [6.45, 7) is 10.5. The third-order valence-corrected chi connectivity index (χ3v) is 10.2. The molecule has 7 atom stereocenters. The number of nitrogens with one attached hydrogen (secondary N) is 1. The number of H-pyrrole nitrogens is 1. The number of aromatic amines is 1. The van der Waals surface area contributed by atoms with Gasteiger partial charge < -0.3 is 20.1 Å². The summed E-state index contributed by atoms with van der Waals surface area (Å²) in [6, 6.07) is 8.23. The number of aliphatic hydroxyl groups excluding tert-OH is 2. The molecule has 3 N–H and O–H groups in total. The number of aliphatic hydroxyl groups is 2. The number of allylic oxidation sites excluding steroid dienone is 1. The first-order valence-corrected chi connectivity index (χ1v) is 12.9. The molecule has 0 spiro atoms. The summed E-state index contributed by atoms with van der Waals surface area (Å²) < 4.78 is 0. The predicted octanol–water partition coefficient (Wildman–Crippen LogP) is 5.16. The Morgan fingerprint density at radius 1 is 1.15 bits per heavy atom. The summed E-state index contributed by atoms with van der Waals surface area (Å²) >= 11 is 0. The maximum Gasteiger partial charge on any atom is 0.203 e. The molecule has 0 saturated heterocycles. The number of fused-ring (bicyclic) bond motifs is 2. The summed E-state index contributed by atoms with van der Waals surface area (Å²) in [5.74, 6) is 2.74. The Labute approximate surface area is 198 Å². The lowest BCUT2D eigenvalue weighted by Gasteiger charge is -2.57. The average Bonchev–Trinajstić information content (AvgIpc) is 3.37. The summed E-state index contributed by atoms with van der Waals surface area (Å²) in [4.78, 5) is 10.7. The third-order valence-electron chi connectivity index (χ3n) is 10.2. The van der Waals surface area contributed by atoms with Gasteiger partial charge in [0, 0.05) is 20.2 Å². The van der Waals surface area contributed by atoms with Gasteiger partial charge in [0.25, 0.3) is 0 Å². The highest BCUT2D eigenvalue weighted by Gasteiger charge is 2.56. The van der Waals surface area contributed by atoms with Gasteiger partial charge in [-0.05, 0) is 91.6 Å². The molecule has 3 fully saturated rings. The average molecular weight is 452 g/mol. The van der Waals surface area contributed by atoms with E-state index in [1.54, 1.807) is 0 Å². The van der Waals surface area contributed by atoms with E-state index < -0.39 is 0 Å². The molecule has 3 saturated carbocycles. The van der Waals surface area contributed by atoms with Crippen molar-refractivity contribution in [2.24, 2.45) is 34.5 Å². The molecule has 0 unspecified atom stereocenters. The van der Waals surface area contributed by atoms with Gasteiger partial charge >= 0.3 is 0 Å². The lowest BCUT2D eigenvalue weighted by molar-refractivity contribution is -0.0918. The zero-order valence-electron chi connectivity index (χ0n) is 20.6. The quantitative estimate of drug-likeness (QED) is 0.549. The Bertz CT molecular complexity index is 984. The molecule has 3 aliphatic rings. The van der Waals surface area contributed by atoms with E-state index in [9.17, 15) is 10.2 Å². The van der Waals surface area contributed by atoms with Crippen molar-refractivity contribution in [3.63, 3.8) is 0 Å². The number of aromatic nitrogens is 2. The van der Waals surface area contributed by atoms with Crippen LogP contribution in [-0.2, 0) is 0 Å². The fourth-order valence-electron chi connectivity index (χ4n) is 7.96. The molecule has 3 aliphatic carbocycles. The van der Waals surface area contributed by atoms with Crippen molar-refractivity contribution in [3.05, 3.63) is 36.4 Å². The SMILES string of the molecule is C=C1CC[C@H]2[C@H](CN(C)c3nc4ccccc4[nH]3)[C@@H]([C@@]3(C)CC[C@H](O)C[C@@H]3CO)CC[C@]12C. The first kappa shape index (κ1) is 22.9. The van der Waals surface area contributed by atoms with Gasteiger partial charge in [-0.25, -0.2) is 4.98 Å². The Morgan fingerprint density at radius 2 is 1.94 bits per heavy atom. The second-order valence-corrected chi connectivity index (χ2v) is 11.7. The number of para-hydroxylation sites is 2. The molecular formula is C28H41N3O2. The number of imidazole rings is 1. The standard InChI is InChI=1S/C28H41N3O2/c1-18-9-10-22-21(16-31(4)26-29-24-7-5-6-8-25(24)30-26)23(12-14-27(18,22)2)28(3)13-11-20(33)15-19(28)17-32/h5-8,19-23,32-33H,1,9-17H2,2-4H3,(H,29,30)/t19-,20+,21+,22+,23+,27-,28+/m1/s1. The molecular weight excluding hydrogens is 410 g/mol. The van der Waals surface area contributed by atoms with E-state index in [4.69, 9.17) is 4.98 Å². The Balaban J connectivity index is 1.48. The van der Waals surface area contributed by atoms with Gasteiger partial charge in [0.15, 0.2) is 0 Å². The maximum absolute atomic E-state index is 10.4. The van der Waals surface area contributed by atoms with Gasteiger partial charge in [-0.1, -0.05) is 38.1 Å². The second-order valence-electron chi connectivity index (χ2n) is 11.7. The van der Waals surface area contributed by atoms with Gasteiger partial charge in [-0.15, -0.1) is 0 Å². The summed E-state index contributed by atoms with van der Waals surface area (Å²) in [5.41, 5.74) is 3.79. The van der Waals surface area contributed by atoms with E-state index in [0.29, 0.717) is 17.8 Å². The summed E-state index contributed by atoms with van der Waals surface area (Å²) in [7, 11) is 2.17. The number of anilines is 1. The summed E-state index contributed by atoms with van der Waals surface area (Å²) in [6.07, 6.45) is 7.03. The molecule has 0 amide bonds. The van der Waals surface area contributed by atoms with Gasteiger partial charge in [0.2, 0.25) is 5.95 Å². The van der Waals surface area contributed by atoms with E-state index in [1.807, 2.05) is 12.1 Å². The van der Waals surface area contributed by atoms with E-state index in [2.05, 4.69) is 49.5 Å². The third kappa shape index (κ3) is 3.72. The lowest BCUT2D eigenvalue weighted by Crippen LogP contribution is -2.53. The van der Waals surface area contributed by atoms with Crippen LogP contribution in [0.2, 0.25) is 0 Å². The summed E-state index contributed by atoms with van der Waals surface area (Å²) in [5, 5.41) is 20.7. The fraction of sp³-hybridized carbons (Fsp3) is 0.679. The number of hydrogen-bond donors (Lipinski definition) is 3. The highest BCUT2D eigenvalue weighted by molar-refractivity contribution is 5.77. The molecule has 0 radical (unpaired) electrons. The number of nitrogens with zero attached hydrogens (tertiary/aromatic N) is 2. The molecule has 1 aromatic heterocycles. The van der Waals surface area contributed by atoms with Gasteiger partial charge in [0.1, 0.15) is 0 Å². The van der Waals surface area contributed by atoms with Crippen molar-refractivity contribution in [3.8, 4) is 0 Å². The van der Waals surface area contributed by atoms with Crippen molar-refractivity contribution < 1.29 is 10.2 Å². The van der Waals surface area contributed by atoms with Gasteiger partial charge in [0.05, 0.1) is 17.1 Å². The zero-order chi connectivity index (χ0) is 23.4. The van der Waals surface area contributed by atoms with Crippen molar-refractivity contribution >= 4 is 17.0 Å². The smallest absolute Gasteiger partial charge is 0.203 e. The van der Waals surface area contributed by atoms with E-state index in [1.165, 1.54) is 24.8 Å². The lowest BCUT2D eigenvalue weighted by atomic mass is 9.49. The molecule has 5 nitrogen and oxygen atoms in total. The van der Waals surface area contributed by atoms with Crippen LogP contribution in [-0.4, -0.2) is 46.5 Å². The molecule has 5 rings (SSSR count). The second kappa shape index (κ2) is 8.42. The largest absolute Gasteiger partial charge is 0.396 e. The minimum Gasteiger partial charge on any atom is -0.396 e. The van der Waals surface area contributed by atoms with Crippen LogP contribution < -0.4 is 4.90 Å². The molecule has 180 valence electrons. The van der Waals surface area contributed by atoms with Crippen molar-refractivity contribution in [2.75, 3.05) is 25.1 Å². The molecule has 1 heterocycles. The van der Waals surface area contributed by atoms with Crippen LogP contribution in [0, 0.1) is 34.5 Å². The van der Waals surface area contributed by atoms with E-state index in [0.717, 1.165) is 49.2 Å². The number of hydrogen-bond acceptors (Lipinski definition) is 4. The molecule has 1 aromatic carbocycles. The van der Waals surface area contributed by atoms with Crippen LogP contribution in [0.4, 0.5) is 5.95 Å². The topological polar surface area (TPSA) is 72.4 Å². The van der Waals surface area contributed by atoms with Crippen molar-refractivity contribution in [1.82, 2.24) is 9.97 Å². The number of rotatable bonds is 5. The highest BCUT2D eigenvalue weighted by Crippen LogP contribution is 2.63. The highest BCUT2D eigenvalue weighted by atomic mass is 16.3. The van der Waals surface area contributed by atoms with Crippen molar-refractivity contribution in [2.45, 2.75) is 64.9 Å². The van der Waals surface area contributed by atoms with Crippen LogP contribution in [0.5, 0.6) is 0 Å². The first-order chi connectivity index (χ1) is 15.8. The van der Waals surface area contributed by atoms with Crippen LogP contribution >= 0.6 is 0 Å². The predicted molar refractivity (Wildman–Crippen MR) is 134 cm³/mol. The van der Waals surface area contributed by atoms with Crippen LogP contribution in [0.15, 0.2) is 36.4 Å². The van der Waals surface area contributed by atoms with E-state index in [-0.39, 0.29) is 29.5 Å². The molecule has 0 bridgehead atoms. The first-order valence-electron chi connectivity index (χ1n) is 12.9. The normalized spacial score (nSPS) is 39.1. The minimum absolute atomic E-state index is 0.0542. The molecule has 5 heteroatoms. The Morgan fingerprint density at radius 3 is 2.70 bits per heavy atom. The molecule has 0 aliphatic heterocycles. The number of benzene rings is 1. The molecule has 33 heavy (non-hydrogen) atoms.